The van der Waals surface area contributed by atoms with Crippen molar-refractivity contribution in [3.8, 4) is 5.75 Å². The minimum Gasteiger partial charge on any atom is -0.496 e. The average molecular weight is 256 g/mol. The lowest BCUT2D eigenvalue weighted by Crippen LogP contribution is -2.30. The lowest BCUT2D eigenvalue weighted by Gasteiger charge is -2.20. The summed E-state index contributed by atoms with van der Waals surface area (Å²) in [7, 11) is 0. The van der Waals surface area contributed by atoms with Crippen LogP contribution < -0.4 is 16.0 Å². The van der Waals surface area contributed by atoms with Gasteiger partial charge in [0.15, 0.2) is 0 Å². The lowest BCUT2D eigenvalue weighted by atomic mass is 10.0. The van der Waals surface area contributed by atoms with E-state index in [-0.39, 0.29) is 5.75 Å². The van der Waals surface area contributed by atoms with Gasteiger partial charge in [-0.3, -0.25) is 5.84 Å². The molecule has 98 valence electrons. The summed E-state index contributed by atoms with van der Waals surface area (Å²) in [5.74, 6) is 6.19. The third kappa shape index (κ3) is 2.77. The highest BCUT2D eigenvalue weighted by molar-refractivity contribution is 5.39. The van der Waals surface area contributed by atoms with Gasteiger partial charge in [-0.15, -0.1) is 0 Å². The summed E-state index contributed by atoms with van der Waals surface area (Å²) in [6, 6.07) is 6.01. The van der Waals surface area contributed by atoms with Gasteiger partial charge in [-0.05, 0) is 12.1 Å². The molecule has 1 aromatic carbocycles. The number of halogens is 2. The van der Waals surface area contributed by atoms with Crippen LogP contribution >= 0.6 is 0 Å². The molecule has 1 aliphatic rings. The van der Waals surface area contributed by atoms with Crippen LogP contribution in [0.1, 0.15) is 18.0 Å². The number of hydrazine groups is 1. The Morgan fingerprint density at radius 2 is 2.11 bits per heavy atom. The fraction of sp³-hybridized carbons (Fsp3) is 0.333. The second kappa shape index (κ2) is 5.79. The van der Waals surface area contributed by atoms with Crippen LogP contribution in [0.2, 0.25) is 0 Å². The van der Waals surface area contributed by atoms with E-state index in [1.807, 2.05) is 6.08 Å². The van der Waals surface area contributed by atoms with Crippen LogP contribution in [-0.2, 0) is 4.74 Å². The maximum atomic E-state index is 12.3. The van der Waals surface area contributed by atoms with Gasteiger partial charge in [-0.25, -0.2) is 5.43 Å². The van der Waals surface area contributed by atoms with Crippen molar-refractivity contribution in [1.29, 1.82) is 0 Å². The molecule has 1 aliphatic heterocycles. The van der Waals surface area contributed by atoms with E-state index in [1.165, 1.54) is 6.07 Å². The van der Waals surface area contributed by atoms with E-state index in [1.54, 1.807) is 18.2 Å². The number of para-hydroxylation sites is 1. The van der Waals surface area contributed by atoms with Crippen LogP contribution in [0.15, 0.2) is 36.1 Å². The van der Waals surface area contributed by atoms with Crippen molar-refractivity contribution in [3.05, 3.63) is 41.7 Å². The number of alkyl halides is 2. The molecule has 2 rings (SSSR count). The predicted molar refractivity (Wildman–Crippen MR) is 61.8 cm³/mol. The Morgan fingerprint density at radius 3 is 2.72 bits per heavy atom. The molecule has 18 heavy (non-hydrogen) atoms. The Hall–Kier alpha value is -1.66. The molecule has 0 saturated heterocycles. The molecule has 0 radical (unpaired) electrons. The van der Waals surface area contributed by atoms with Crippen molar-refractivity contribution in [2.45, 2.75) is 19.1 Å². The standard InChI is InChI=1S/C12H14F2N2O2/c13-12(14)18-9-5-2-1-4-8(9)11(16-15)10-6-3-7-17-10/h1-2,4-6,11-12,16H,3,7,15H2. The third-order valence-electron chi connectivity index (χ3n) is 2.63. The van der Waals surface area contributed by atoms with Gasteiger partial charge in [-0.1, -0.05) is 18.2 Å². The minimum atomic E-state index is -2.87. The molecule has 0 spiro atoms. The van der Waals surface area contributed by atoms with Crippen molar-refractivity contribution >= 4 is 0 Å². The summed E-state index contributed by atoms with van der Waals surface area (Å²) in [5, 5.41) is 0. The zero-order chi connectivity index (χ0) is 13.0. The molecule has 3 N–H and O–H groups in total. The number of nitrogens with one attached hydrogen (secondary N) is 1. The first kappa shape index (κ1) is 12.8. The van der Waals surface area contributed by atoms with E-state index in [2.05, 4.69) is 10.2 Å². The first-order chi connectivity index (χ1) is 8.72. The summed E-state index contributed by atoms with van der Waals surface area (Å²) in [6.07, 6.45) is 2.66. The molecule has 6 heteroatoms. The quantitative estimate of drug-likeness (QED) is 0.625. The summed E-state index contributed by atoms with van der Waals surface area (Å²) in [5.41, 5.74) is 3.08. The Labute approximate surface area is 103 Å². The van der Waals surface area contributed by atoms with E-state index in [0.717, 1.165) is 6.42 Å². The first-order valence-electron chi connectivity index (χ1n) is 5.55. The van der Waals surface area contributed by atoms with Gasteiger partial charge in [-0.2, -0.15) is 8.78 Å². The molecule has 0 saturated carbocycles. The van der Waals surface area contributed by atoms with Gasteiger partial charge in [0.25, 0.3) is 0 Å². The summed E-state index contributed by atoms with van der Waals surface area (Å²) in [6.45, 7) is -2.30. The molecule has 1 aromatic rings. The van der Waals surface area contributed by atoms with Crippen LogP contribution in [0.25, 0.3) is 0 Å². The van der Waals surface area contributed by atoms with Crippen molar-refractivity contribution in [2.75, 3.05) is 6.61 Å². The van der Waals surface area contributed by atoms with Crippen LogP contribution in [0, 0.1) is 0 Å². The van der Waals surface area contributed by atoms with Gasteiger partial charge >= 0.3 is 6.61 Å². The topological polar surface area (TPSA) is 56.5 Å². The molecular formula is C12H14F2N2O2. The zero-order valence-corrected chi connectivity index (χ0v) is 9.61. The number of hydrogen-bond donors (Lipinski definition) is 2. The molecule has 1 atom stereocenters. The maximum absolute atomic E-state index is 12.3. The highest BCUT2D eigenvalue weighted by Gasteiger charge is 2.23. The molecule has 0 aliphatic carbocycles. The third-order valence-corrected chi connectivity index (χ3v) is 2.63. The van der Waals surface area contributed by atoms with Gasteiger partial charge in [0.1, 0.15) is 17.6 Å². The molecule has 0 bridgehead atoms. The van der Waals surface area contributed by atoms with E-state index in [9.17, 15) is 8.78 Å². The second-order valence-corrected chi connectivity index (χ2v) is 3.76. The van der Waals surface area contributed by atoms with Gasteiger partial charge in [0, 0.05) is 12.0 Å². The van der Waals surface area contributed by atoms with Crippen LogP contribution in [0.5, 0.6) is 5.75 Å². The summed E-state index contributed by atoms with van der Waals surface area (Å²) >= 11 is 0. The second-order valence-electron chi connectivity index (χ2n) is 3.76. The molecule has 1 unspecified atom stereocenters. The van der Waals surface area contributed by atoms with Gasteiger partial charge in [0.05, 0.1) is 6.61 Å². The molecular weight excluding hydrogens is 242 g/mol. The molecule has 4 nitrogen and oxygen atoms in total. The number of rotatable bonds is 5. The van der Waals surface area contributed by atoms with Gasteiger partial charge in [0.2, 0.25) is 0 Å². The first-order valence-corrected chi connectivity index (χ1v) is 5.55. The number of nitrogens with two attached hydrogens (primary N) is 1. The Bertz CT molecular complexity index is 438. The smallest absolute Gasteiger partial charge is 0.387 e. The van der Waals surface area contributed by atoms with E-state index in [4.69, 9.17) is 10.6 Å². The molecule has 1 heterocycles. The normalized spacial score (nSPS) is 16.3. The largest absolute Gasteiger partial charge is 0.496 e. The molecule has 0 aromatic heterocycles. The molecule has 0 fully saturated rings. The summed E-state index contributed by atoms with van der Waals surface area (Å²) < 4.78 is 34.5. The Morgan fingerprint density at radius 1 is 1.33 bits per heavy atom. The van der Waals surface area contributed by atoms with Crippen molar-refractivity contribution in [1.82, 2.24) is 5.43 Å². The number of benzene rings is 1. The predicted octanol–water partition coefficient (Wildman–Crippen LogP) is 2.10. The fourth-order valence-electron chi connectivity index (χ4n) is 1.89. The minimum absolute atomic E-state index is 0.0897. The van der Waals surface area contributed by atoms with Gasteiger partial charge < -0.3 is 9.47 Å². The van der Waals surface area contributed by atoms with Crippen molar-refractivity contribution in [2.24, 2.45) is 5.84 Å². The monoisotopic (exact) mass is 256 g/mol. The van der Waals surface area contributed by atoms with E-state index < -0.39 is 12.7 Å². The van der Waals surface area contributed by atoms with E-state index in [0.29, 0.717) is 17.9 Å². The van der Waals surface area contributed by atoms with Crippen molar-refractivity contribution in [3.63, 3.8) is 0 Å². The van der Waals surface area contributed by atoms with E-state index >= 15 is 0 Å². The molecule has 0 amide bonds. The fourth-order valence-corrected chi connectivity index (χ4v) is 1.89. The van der Waals surface area contributed by atoms with Crippen LogP contribution in [0.3, 0.4) is 0 Å². The SMILES string of the molecule is NNC(C1=CCCO1)c1ccccc1OC(F)F. The average Bonchev–Trinajstić information content (AvgIpc) is 2.85. The number of hydrogen-bond acceptors (Lipinski definition) is 4. The zero-order valence-electron chi connectivity index (χ0n) is 9.61. The van der Waals surface area contributed by atoms with Crippen LogP contribution in [-0.4, -0.2) is 13.2 Å². The Kier molecular flexibility index (Phi) is 4.11. The maximum Gasteiger partial charge on any atom is 0.387 e. The number of ether oxygens (including phenoxy) is 2. The van der Waals surface area contributed by atoms with Crippen molar-refractivity contribution < 1.29 is 18.3 Å². The highest BCUT2D eigenvalue weighted by atomic mass is 19.3. The lowest BCUT2D eigenvalue weighted by molar-refractivity contribution is -0.0507. The van der Waals surface area contributed by atoms with Crippen LogP contribution in [0.4, 0.5) is 8.78 Å². The summed E-state index contributed by atoms with van der Waals surface area (Å²) in [4.78, 5) is 0. The Balaban J connectivity index is 2.29. The highest BCUT2D eigenvalue weighted by Crippen LogP contribution is 2.32.